The third-order valence-electron chi connectivity index (χ3n) is 7.12. The van der Waals surface area contributed by atoms with Crippen LogP contribution in [0.5, 0.6) is 11.5 Å². The van der Waals surface area contributed by atoms with Gasteiger partial charge in [0.15, 0.2) is 0 Å². The van der Waals surface area contributed by atoms with E-state index in [0.29, 0.717) is 19.2 Å². The average molecular weight is 577 g/mol. The van der Waals surface area contributed by atoms with Crippen LogP contribution in [0.15, 0.2) is 71.6 Å². The van der Waals surface area contributed by atoms with Crippen LogP contribution in [0.3, 0.4) is 0 Å². The second-order valence-electron chi connectivity index (χ2n) is 9.73. The summed E-state index contributed by atoms with van der Waals surface area (Å²) in [5.41, 5.74) is 0.917. The summed E-state index contributed by atoms with van der Waals surface area (Å²) in [6.45, 7) is 1.07. The number of anilines is 2. The highest BCUT2D eigenvalue weighted by molar-refractivity contribution is 7.92. The lowest BCUT2D eigenvalue weighted by Crippen LogP contribution is -2.46. The fourth-order valence-corrected chi connectivity index (χ4v) is 6.53. The van der Waals surface area contributed by atoms with Crippen molar-refractivity contribution in [3.8, 4) is 11.5 Å². The number of methoxy groups -OCH3 is 1. The molecule has 0 aliphatic carbocycles. The van der Waals surface area contributed by atoms with E-state index in [1.54, 1.807) is 19.2 Å². The summed E-state index contributed by atoms with van der Waals surface area (Å²) in [4.78, 5) is 12.8. The van der Waals surface area contributed by atoms with E-state index in [4.69, 9.17) is 14.6 Å². The minimum atomic E-state index is -4.72. The zero-order valence-electron chi connectivity index (χ0n) is 21.5. The van der Waals surface area contributed by atoms with Gasteiger partial charge in [0.1, 0.15) is 17.6 Å². The minimum Gasteiger partial charge on any atom is -0.495 e. The molecule has 1 atom stereocenters. The Labute approximate surface area is 229 Å². The molecule has 12 heteroatoms. The average Bonchev–Trinajstić information content (AvgIpc) is 2.90. The second kappa shape index (κ2) is 10.6. The fourth-order valence-electron chi connectivity index (χ4n) is 4.98. The van der Waals surface area contributed by atoms with Gasteiger partial charge in [-0.15, -0.1) is 0 Å². The Hall–Kier alpha value is -3.93. The highest BCUT2D eigenvalue weighted by Crippen LogP contribution is 2.43. The monoisotopic (exact) mass is 576 g/mol. The lowest BCUT2D eigenvalue weighted by Gasteiger charge is -2.42. The number of halogens is 3. The van der Waals surface area contributed by atoms with Crippen molar-refractivity contribution in [2.24, 2.45) is 0 Å². The number of alkyl halides is 3. The maximum absolute atomic E-state index is 13.7. The van der Waals surface area contributed by atoms with Crippen molar-refractivity contribution in [1.82, 2.24) is 0 Å². The summed E-state index contributed by atoms with van der Waals surface area (Å²) in [5, 5.41) is 9.11. The minimum absolute atomic E-state index is 0.0294. The Bertz CT molecular complexity index is 1520. The molecule has 2 heterocycles. The van der Waals surface area contributed by atoms with Gasteiger partial charge in [-0.2, -0.15) is 13.2 Å². The molecule has 3 aromatic carbocycles. The van der Waals surface area contributed by atoms with Crippen molar-refractivity contribution in [3.63, 3.8) is 0 Å². The standard InChI is InChI=1S/C28H27F3N2O6S/c1-38-25-8-3-2-7-23(25)32-15-19(16-32)18-9-11-26-24(13-18)33(17-21(39-26)10-12-27(34)35)40(36,37)22-6-4-5-20(14-22)28(29,30)31/h2-9,11,13-14,19,21H,10,12,15-17H2,1H3,(H,34,35)/t21-/m0/s1. The second-order valence-corrected chi connectivity index (χ2v) is 11.6. The molecule has 0 spiro atoms. The van der Waals surface area contributed by atoms with Gasteiger partial charge in [0.2, 0.25) is 0 Å². The van der Waals surface area contributed by atoms with Gasteiger partial charge in [-0.3, -0.25) is 9.10 Å². The highest BCUT2D eigenvalue weighted by atomic mass is 32.2. The number of nitrogens with zero attached hydrogens (tertiary/aromatic N) is 2. The van der Waals surface area contributed by atoms with Crippen LogP contribution >= 0.6 is 0 Å². The Morgan fingerprint density at radius 2 is 1.77 bits per heavy atom. The summed E-state index contributed by atoms with van der Waals surface area (Å²) in [6.07, 6.45) is -5.74. The van der Waals surface area contributed by atoms with Crippen molar-refractivity contribution in [3.05, 3.63) is 77.9 Å². The van der Waals surface area contributed by atoms with Crippen LogP contribution in [0.4, 0.5) is 24.5 Å². The van der Waals surface area contributed by atoms with Crippen LogP contribution < -0.4 is 18.7 Å². The molecule has 2 aliphatic heterocycles. The van der Waals surface area contributed by atoms with Crippen molar-refractivity contribution in [1.29, 1.82) is 0 Å². The molecular formula is C28H27F3N2O6S. The zero-order chi connectivity index (χ0) is 28.7. The van der Waals surface area contributed by atoms with Gasteiger partial charge in [-0.25, -0.2) is 8.42 Å². The molecule has 0 amide bonds. The SMILES string of the molecule is COc1ccccc1N1CC(c2ccc3c(c2)N(S(=O)(=O)c2cccc(C(F)(F)F)c2)C[C@H](CCC(=O)O)O3)C1. The zero-order valence-corrected chi connectivity index (χ0v) is 22.3. The van der Waals surface area contributed by atoms with E-state index in [9.17, 15) is 26.4 Å². The number of aliphatic carboxylic acids is 1. The van der Waals surface area contributed by atoms with E-state index in [1.807, 2.05) is 30.3 Å². The number of benzene rings is 3. The van der Waals surface area contributed by atoms with Crippen LogP contribution in [-0.2, 0) is 21.0 Å². The Morgan fingerprint density at radius 3 is 2.48 bits per heavy atom. The molecule has 8 nitrogen and oxygen atoms in total. The van der Waals surface area contributed by atoms with Crippen LogP contribution in [0.2, 0.25) is 0 Å². The van der Waals surface area contributed by atoms with Gasteiger partial charge >= 0.3 is 12.1 Å². The maximum atomic E-state index is 13.7. The van der Waals surface area contributed by atoms with E-state index in [1.165, 1.54) is 0 Å². The summed E-state index contributed by atoms with van der Waals surface area (Å²) >= 11 is 0. The predicted octanol–water partition coefficient (Wildman–Crippen LogP) is 5.14. The lowest BCUT2D eigenvalue weighted by atomic mass is 9.90. The van der Waals surface area contributed by atoms with E-state index < -0.39 is 38.7 Å². The van der Waals surface area contributed by atoms with Crippen LogP contribution in [0.1, 0.15) is 29.9 Å². The van der Waals surface area contributed by atoms with E-state index in [2.05, 4.69) is 4.90 Å². The number of carboxylic acids is 1. The van der Waals surface area contributed by atoms with E-state index >= 15 is 0 Å². The Morgan fingerprint density at radius 1 is 1.02 bits per heavy atom. The summed E-state index contributed by atoms with van der Waals surface area (Å²) in [5.74, 6) is -0.0351. The van der Waals surface area contributed by atoms with E-state index in [0.717, 1.165) is 39.5 Å². The predicted molar refractivity (Wildman–Crippen MR) is 142 cm³/mol. The molecule has 1 fully saturated rings. The first-order valence-electron chi connectivity index (χ1n) is 12.6. The highest BCUT2D eigenvalue weighted by Gasteiger charge is 2.38. The molecule has 2 aliphatic rings. The number of fused-ring (bicyclic) bond motifs is 1. The van der Waals surface area contributed by atoms with Gasteiger partial charge < -0.3 is 19.5 Å². The smallest absolute Gasteiger partial charge is 0.416 e. The third kappa shape index (κ3) is 5.40. The van der Waals surface area contributed by atoms with E-state index in [-0.39, 0.29) is 36.7 Å². The number of hydrogen-bond acceptors (Lipinski definition) is 6. The normalized spacial score (nSPS) is 17.6. The van der Waals surface area contributed by atoms with Crippen LogP contribution in [0, 0.1) is 0 Å². The fraction of sp³-hybridized carbons (Fsp3) is 0.321. The first-order valence-corrected chi connectivity index (χ1v) is 14.0. The molecule has 0 aromatic heterocycles. The van der Waals surface area contributed by atoms with Crippen LogP contribution in [-0.4, -0.2) is 52.3 Å². The number of sulfonamides is 1. The number of ether oxygens (including phenoxy) is 2. The molecule has 1 saturated heterocycles. The number of para-hydroxylation sites is 2. The Kier molecular flexibility index (Phi) is 7.30. The summed E-state index contributed by atoms with van der Waals surface area (Å²) in [6, 6.07) is 16.4. The molecule has 0 saturated carbocycles. The van der Waals surface area contributed by atoms with Gasteiger partial charge in [-0.1, -0.05) is 24.3 Å². The number of carboxylic acid groups (broad SMARTS) is 1. The molecule has 1 N–H and O–H groups in total. The quantitative estimate of drug-likeness (QED) is 0.397. The van der Waals surface area contributed by atoms with Crippen molar-refractivity contribution in [2.45, 2.75) is 35.9 Å². The first-order chi connectivity index (χ1) is 19.0. The maximum Gasteiger partial charge on any atom is 0.416 e. The molecule has 0 bridgehead atoms. The number of hydrogen-bond donors (Lipinski definition) is 1. The molecule has 0 radical (unpaired) electrons. The number of rotatable bonds is 8. The molecule has 40 heavy (non-hydrogen) atoms. The van der Waals surface area contributed by atoms with Gasteiger partial charge in [0, 0.05) is 25.4 Å². The van der Waals surface area contributed by atoms with Crippen LogP contribution in [0.25, 0.3) is 0 Å². The van der Waals surface area contributed by atoms with Crippen molar-refractivity contribution < 1.29 is 41.0 Å². The Balaban J connectivity index is 1.47. The van der Waals surface area contributed by atoms with Gasteiger partial charge in [0.05, 0.1) is 35.5 Å². The summed E-state index contributed by atoms with van der Waals surface area (Å²) in [7, 11) is -2.84. The van der Waals surface area contributed by atoms with Crippen molar-refractivity contribution >= 4 is 27.4 Å². The summed E-state index contributed by atoms with van der Waals surface area (Å²) < 4.78 is 80.0. The van der Waals surface area contributed by atoms with Gasteiger partial charge in [0.25, 0.3) is 10.0 Å². The molecule has 3 aromatic rings. The van der Waals surface area contributed by atoms with Crippen molar-refractivity contribution in [2.75, 3.05) is 35.9 Å². The topological polar surface area (TPSA) is 96.4 Å². The number of carbonyl (C=O) groups is 1. The van der Waals surface area contributed by atoms with Gasteiger partial charge in [-0.05, 0) is 54.4 Å². The molecule has 212 valence electrons. The third-order valence-corrected chi connectivity index (χ3v) is 8.90. The lowest BCUT2D eigenvalue weighted by molar-refractivity contribution is -0.138. The largest absolute Gasteiger partial charge is 0.495 e. The first kappa shape index (κ1) is 27.6. The molecule has 0 unspecified atom stereocenters. The molecular weight excluding hydrogens is 549 g/mol. The molecule has 5 rings (SSSR count).